The van der Waals surface area contributed by atoms with E-state index in [1.54, 1.807) is 7.05 Å². The third-order valence-electron chi connectivity index (χ3n) is 2.52. The minimum absolute atomic E-state index is 0.0264. The van der Waals surface area contributed by atoms with E-state index >= 15 is 0 Å². The Kier molecular flexibility index (Phi) is 7.99. The molecule has 4 nitrogen and oxygen atoms in total. The van der Waals surface area contributed by atoms with Crippen LogP contribution in [0.3, 0.4) is 0 Å². The Bertz CT molecular complexity index is 195. The Morgan fingerprint density at radius 2 is 1.81 bits per heavy atom. The van der Waals surface area contributed by atoms with Gasteiger partial charge in [0.05, 0.1) is 0 Å². The van der Waals surface area contributed by atoms with Crippen LogP contribution in [0.2, 0.25) is 0 Å². The van der Waals surface area contributed by atoms with Crippen LogP contribution in [-0.2, 0) is 4.74 Å². The number of rotatable bonds is 7. The highest BCUT2D eigenvalue weighted by Crippen LogP contribution is 2.03. The average molecular weight is 230 g/mol. The molecule has 1 atom stereocenters. The van der Waals surface area contributed by atoms with Gasteiger partial charge in [0.2, 0.25) is 0 Å². The molecule has 1 N–H and O–H groups in total. The van der Waals surface area contributed by atoms with Crippen LogP contribution in [0.4, 0.5) is 4.79 Å². The van der Waals surface area contributed by atoms with E-state index in [0.717, 1.165) is 25.4 Å². The summed E-state index contributed by atoms with van der Waals surface area (Å²) < 4.78 is 5.10. The molecule has 0 aromatic carbocycles. The highest BCUT2D eigenvalue weighted by atomic mass is 16.6. The first-order valence-electron chi connectivity index (χ1n) is 6.02. The van der Waals surface area contributed by atoms with E-state index in [4.69, 9.17) is 4.74 Å². The molecule has 0 heterocycles. The normalized spacial score (nSPS) is 12.9. The fourth-order valence-electron chi connectivity index (χ4n) is 1.29. The minimum atomic E-state index is -0.350. The molecule has 0 fully saturated rings. The highest BCUT2D eigenvalue weighted by Gasteiger charge is 2.09. The summed E-state index contributed by atoms with van der Waals surface area (Å²) in [5.41, 5.74) is 0. The molecule has 0 aromatic rings. The largest absolute Gasteiger partial charge is 0.447 e. The average Bonchev–Trinajstić information content (AvgIpc) is 2.23. The van der Waals surface area contributed by atoms with Crippen molar-refractivity contribution in [2.45, 2.75) is 39.7 Å². The molecule has 96 valence electrons. The lowest BCUT2D eigenvalue weighted by Crippen LogP contribution is -2.28. The maximum absolute atomic E-state index is 10.9. The quantitative estimate of drug-likeness (QED) is 0.728. The molecule has 0 saturated heterocycles. The zero-order chi connectivity index (χ0) is 12.6. The van der Waals surface area contributed by atoms with Gasteiger partial charge >= 0.3 is 6.09 Å². The van der Waals surface area contributed by atoms with Crippen LogP contribution in [0.5, 0.6) is 0 Å². The zero-order valence-electron chi connectivity index (χ0n) is 11.2. The fraction of sp³-hybridized carbons (Fsp3) is 0.917. The van der Waals surface area contributed by atoms with Gasteiger partial charge in [-0.1, -0.05) is 13.8 Å². The number of hydrogen-bond donors (Lipinski definition) is 1. The smallest absolute Gasteiger partial charge is 0.407 e. The second-order valence-electron chi connectivity index (χ2n) is 4.74. The summed E-state index contributed by atoms with van der Waals surface area (Å²) in [6.07, 6.45) is 1.71. The Morgan fingerprint density at radius 1 is 1.25 bits per heavy atom. The minimum Gasteiger partial charge on any atom is -0.447 e. The lowest BCUT2D eigenvalue weighted by molar-refractivity contribution is 0.0975. The second-order valence-corrected chi connectivity index (χ2v) is 4.74. The first-order valence-corrected chi connectivity index (χ1v) is 6.02. The van der Waals surface area contributed by atoms with E-state index in [1.807, 2.05) is 6.92 Å². The van der Waals surface area contributed by atoms with Crippen molar-refractivity contribution in [3.05, 3.63) is 0 Å². The first kappa shape index (κ1) is 15.2. The van der Waals surface area contributed by atoms with Gasteiger partial charge in [-0.05, 0) is 39.3 Å². The van der Waals surface area contributed by atoms with Crippen molar-refractivity contribution in [1.82, 2.24) is 10.2 Å². The Balaban J connectivity index is 3.58. The molecule has 0 saturated carbocycles. The standard InChI is InChI=1S/C12H26N2O2/c1-10(2)6-8-14(5)9-7-11(3)16-12(15)13-4/h10-11H,6-9H2,1-5H3,(H,13,15). The van der Waals surface area contributed by atoms with E-state index in [-0.39, 0.29) is 12.2 Å². The molecule has 0 radical (unpaired) electrons. The number of carbonyl (C=O) groups excluding carboxylic acids is 1. The van der Waals surface area contributed by atoms with E-state index in [1.165, 1.54) is 6.42 Å². The summed E-state index contributed by atoms with van der Waals surface area (Å²) in [6, 6.07) is 0. The van der Waals surface area contributed by atoms with E-state index < -0.39 is 0 Å². The molecule has 0 bridgehead atoms. The third kappa shape index (κ3) is 8.53. The van der Waals surface area contributed by atoms with E-state index in [0.29, 0.717) is 0 Å². The number of nitrogens with one attached hydrogen (secondary N) is 1. The van der Waals surface area contributed by atoms with Crippen LogP contribution in [-0.4, -0.2) is 44.3 Å². The van der Waals surface area contributed by atoms with Crippen molar-refractivity contribution in [2.75, 3.05) is 27.2 Å². The second kappa shape index (κ2) is 8.39. The Labute approximate surface area is 99.3 Å². The lowest BCUT2D eigenvalue weighted by Gasteiger charge is -2.20. The fourth-order valence-corrected chi connectivity index (χ4v) is 1.29. The number of carbonyl (C=O) groups is 1. The number of alkyl carbamates (subject to hydrolysis) is 1. The molecule has 0 rings (SSSR count). The van der Waals surface area contributed by atoms with Gasteiger partial charge in [-0.25, -0.2) is 4.79 Å². The molecule has 0 aromatic heterocycles. The van der Waals surface area contributed by atoms with E-state index in [2.05, 4.69) is 31.1 Å². The molecule has 1 amide bonds. The molecule has 0 aliphatic rings. The van der Waals surface area contributed by atoms with Crippen LogP contribution in [0.25, 0.3) is 0 Å². The van der Waals surface area contributed by atoms with Gasteiger partial charge in [0.25, 0.3) is 0 Å². The zero-order valence-corrected chi connectivity index (χ0v) is 11.2. The van der Waals surface area contributed by atoms with Crippen molar-refractivity contribution in [3.63, 3.8) is 0 Å². The molecule has 0 spiro atoms. The number of ether oxygens (including phenoxy) is 1. The summed E-state index contributed by atoms with van der Waals surface area (Å²) in [5, 5.41) is 2.45. The summed E-state index contributed by atoms with van der Waals surface area (Å²) in [6.45, 7) is 8.44. The van der Waals surface area contributed by atoms with Crippen LogP contribution in [0.15, 0.2) is 0 Å². The first-order chi connectivity index (χ1) is 7.45. The van der Waals surface area contributed by atoms with Crippen LogP contribution < -0.4 is 5.32 Å². The van der Waals surface area contributed by atoms with Gasteiger partial charge in [-0.15, -0.1) is 0 Å². The van der Waals surface area contributed by atoms with Crippen molar-refractivity contribution in [3.8, 4) is 0 Å². The van der Waals surface area contributed by atoms with Gasteiger partial charge in [-0.2, -0.15) is 0 Å². The summed E-state index contributed by atoms with van der Waals surface area (Å²) in [4.78, 5) is 13.2. The molecule has 1 unspecified atom stereocenters. The third-order valence-corrected chi connectivity index (χ3v) is 2.52. The Morgan fingerprint density at radius 3 is 2.31 bits per heavy atom. The topological polar surface area (TPSA) is 41.6 Å². The summed E-state index contributed by atoms with van der Waals surface area (Å²) >= 11 is 0. The maximum atomic E-state index is 10.9. The lowest BCUT2D eigenvalue weighted by atomic mass is 10.1. The predicted octanol–water partition coefficient (Wildman–Crippen LogP) is 2.10. The number of amides is 1. The summed E-state index contributed by atoms with van der Waals surface area (Å²) in [7, 11) is 3.68. The van der Waals surface area contributed by atoms with Gasteiger partial charge in [0, 0.05) is 13.6 Å². The summed E-state index contributed by atoms with van der Waals surface area (Å²) in [5.74, 6) is 0.738. The highest BCUT2D eigenvalue weighted by molar-refractivity contribution is 5.66. The Hall–Kier alpha value is -0.770. The van der Waals surface area contributed by atoms with Gasteiger partial charge in [0.1, 0.15) is 6.10 Å². The van der Waals surface area contributed by atoms with Crippen LogP contribution in [0.1, 0.15) is 33.6 Å². The van der Waals surface area contributed by atoms with Gasteiger partial charge < -0.3 is 15.0 Å². The maximum Gasteiger partial charge on any atom is 0.407 e. The molecule has 0 aliphatic heterocycles. The van der Waals surface area contributed by atoms with Crippen molar-refractivity contribution in [2.24, 2.45) is 5.92 Å². The van der Waals surface area contributed by atoms with Gasteiger partial charge in [0.15, 0.2) is 0 Å². The molecule has 4 heteroatoms. The van der Waals surface area contributed by atoms with E-state index in [9.17, 15) is 4.79 Å². The van der Waals surface area contributed by atoms with Crippen molar-refractivity contribution < 1.29 is 9.53 Å². The van der Waals surface area contributed by atoms with Crippen molar-refractivity contribution >= 4 is 6.09 Å². The molecule has 0 aliphatic carbocycles. The van der Waals surface area contributed by atoms with Crippen LogP contribution in [0, 0.1) is 5.92 Å². The molecular formula is C12H26N2O2. The monoisotopic (exact) mass is 230 g/mol. The predicted molar refractivity (Wildman–Crippen MR) is 66.6 cm³/mol. The molecular weight excluding hydrogens is 204 g/mol. The van der Waals surface area contributed by atoms with Crippen LogP contribution >= 0.6 is 0 Å². The SMILES string of the molecule is CNC(=O)OC(C)CCN(C)CCC(C)C. The van der Waals surface area contributed by atoms with Gasteiger partial charge in [-0.3, -0.25) is 0 Å². The van der Waals surface area contributed by atoms with Crippen molar-refractivity contribution in [1.29, 1.82) is 0 Å². The number of nitrogens with zero attached hydrogens (tertiary/aromatic N) is 1. The number of hydrogen-bond acceptors (Lipinski definition) is 3. The molecule has 16 heavy (non-hydrogen) atoms.